The molecule has 0 saturated carbocycles. The van der Waals surface area contributed by atoms with Gasteiger partial charge in [0.05, 0.1) is 0 Å². The number of hydrogen-bond donors (Lipinski definition) is 0. The molecule has 1 atom stereocenters. The first-order chi connectivity index (χ1) is 8.65. The fourth-order valence-corrected chi connectivity index (χ4v) is 2.71. The van der Waals surface area contributed by atoms with Gasteiger partial charge in [0.15, 0.2) is 0 Å². The van der Waals surface area contributed by atoms with Crippen LogP contribution < -0.4 is 4.74 Å². The molecule has 1 aliphatic rings. The van der Waals surface area contributed by atoms with Crippen molar-refractivity contribution in [1.29, 1.82) is 0 Å². The zero-order valence-corrected chi connectivity index (χ0v) is 11.0. The van der Waals surface area contributed by atoms with E-state index in [-0.39, 0.29) is 6.10 Å². The molecular formula is C16H14ClO. The van der Waals surface area contributed by atoms with Crippen molar-refractivity contribution >= 4 is 11.6 Å². The Labute approximate surface area is 112 Å². The maximum atomic E-state index is 6.28. The van der Waals surface area contributed by atoms with Crippen LogP contribution in [-0.4, -0.2) is 6.10 Å². The van der Waals surface area contributed by atoms with Crippen molar-refractivity contribution in [2.24, 2.45) is 0 Å². The number of hydrogen-bond acceptors (Lipinski definition) is 1. The number of ether oxygens (including phenoxy) is 1. The zero-order valence-electron chi connectivity index (χ0n) is 10.2. The topological polar surface area (TPSA) is 9.23 Å². The van der Waals surface area contributed by atoms with Gasteiger partial charge in [0.1, 0.15) is 11.9 Å². The van der Waals surface area contributed by atoms with E-state index < -0.39 is 0 Å². The van der Waals surface area contributed by atoms with Crippen molar-refractivity contribution in [2.75, 3.05) is 0 Å². The summed E-state index contributed by atoms with van der Waals surface area (Å²) in [6, 6.07) is 12.2. The largest absolute Gasteiger partial charge is 0.489 e. The molecule has 0 fully saturated rings. The van der Waals surface area contributed by atoms with Crippen LogP contribution >= 0.6 is 11.6 Å². The molecule has 2 aromatic rings. The van der Waals surface area contributed by atoms with Crippen molar-refractivity contribution in [3.63, 3.8) is 0 Å². The lowest BCUT2D eigenvalue weighted by Crippen LogP contribution is -2.06. The Morgan fingerprint density at radius 2 is 2.00 bits per heavy atom. The summed E-state index contributed by atoms with van der Waals surface area (Å²) in [6.07, 6.45) is 0.872. The molecule has 2 aromatic carbocycles. The predicted molar refractivity (Wildman–Crippen MR) is 75.1 cm³/mol. The SMILES string of the molecule is [CH2]C1Cc2cc(C)cc(-c3ccccc3Cl)c2O1. The van der Waals surface area contributed by atoms with E-state index in [0.29, 0.717) is 0 Å². The van der Waals surface area contributed by atoms with E-state index >= 15 is 0 Å². The van der Waals surface area contributed by atoms with E-state index in [1.165, 1.54) is 11.1 Å². The molecule has 1 aliphatic heterocycles. The summed E-state index contributed by atoms with van der Waals surface area (Å²) in [5, 5.41) is 0.751. The molecule has 1 nitrogen and oxygen atoms in total. The lowest BCUT2D eigenvalue weighted by molar-refractivity contribution is 0.282. The highest BCUT2D eigenvalue weighted by atomic mass is 35.5. The van der Waals surface area contributed by atoms with Gasteiger partial charge in [-0.2, -0.15) is 0 Å². The summed E-state index contributed by atoms with van der Waals surface area (Å²) in [6.45, 7) is 6.08. The van der Waals surface area contributed by atoms with Gasteiger partial charge >= 0.3 is 0 Å². The van der Waals surface area contributed by atoms with Gasteiger partial charge in [-0.15, -0.1) is 0 Å². The molecule has 18 heavy (non-hydrogen) atoms. The Balaban J connectivity index is 2.22. The number of rotatable bonds is 1. The van der Waals surface area contributed by atoms with Crippen LogP contribution in [0.2, 0.25) is 5.02 Å². The molecule has 3 rings (SSSR count). The molecule has 0 aromatic heterocycles. The first-order valence-corrected chi connectivity index (χ1v) is 6.41. The molecule has 0 saturated heterocycles. The van der Waals surface area contributed by atoms with E-state index in [4.69, 9.17) is 16.3 Å². The minimum atomic E-state index is 0.00281. The number of fused-ring (bicyclic) bond motifs is 1. The summed E-state index contributed by atoms with van der Waals surface area (Å²) in [7, 11) is 0. The minimum absolute atomic E-state index is 0.00281. The van der Waals surface area contributed by atoms with Gasteiger partial charge in [-0.05, 0) is 37.1 Å². The highest BCUT2D eigenvalue weighted by Gasteiger charge is 2.23. The summed E-state index contributed by atoms with van der Waals surface area (Å²) in [4.78, 5) is 0. The highest BCUT2D eigenvalue weighted by Crippen LogP contribution is 2.41. The monoisotopic (exact) mass is 257 g/mol. The first-order valence-electron chi connectivity index (χ1n) is 6.03. The van der Waals surface area contributed by atoms with Crippen molar-refractivity contribution in [3.8, 4) is 16.9 Å². The van der Waals surface area contributed by atoms with Gasteiger partial charge in [-0.25, -0.2) is 0 Å². The quantitative estimate of drug-likeness (QED) is 0.733. The van der Waals surface area contributed by atoms with Crippen molar-refractivity contribution in [3.05, 3.63) is 59.5 Å². The van der Waals surface area contributed by atoms with Crippen LogP contribution in [0.3, 0.4) is 0 Å². The normalized spacial score (nSPS) is 17.4. The lowest BCUT2D eigenvalue weighted by Gasteiger charge is -2.12. The van der Waals surface area contributed by atoms with E-state index in [9.17, 15) is 0 Å². The van der Waals surface area contributed by atoms with E-state index in [2.05, 4.69) is 26.0 Å². The third kappa shape index (κ3) is 1.89. The molecule has 1 radical (unpaired) electrons. The average Bonchev–Trinajstić information content (AvgIpc) is 2.69. The van der Waals surface area contributed by atoms with Crippen LogP contribution in [0.4, 0.5) is 0 Å². The van der Waals surface area contributed by atoms with Gasteiger partial charge in [-0.3, -0.25) is 0 Å². The van der Waals surface area contributed by atoms with E-state index in [0.717, 1.165) is 28.3 Å². The Morgan fingerprint density at radius 1 is 1.22 bits per heavy atom. The molecule has 0 spiro atoms. The fraction of sp³-hybridized carbons (Fsp3) is 0.188. The average molecular weight is 258 g/mol. The third-order valence-electron chi connectivity index (χ3n) is 3.21. The molecular weight excluding hydrogens is 244 g/mol. The first kappa shape index (κ1) is 11.6. The van der Waals surface area contributed by atoms with Gasteiger partial charge < -0.3 is 4.74 Å². The van der Waals surface area contributed by atoms with Crippen molar-refractivity contribution in [1.82, 2.24) is 0 Å². The molecule has 2 heteroatoms. The summed E-state index contributed by atoms with van der Waals surface area (Å²) in [5.41, 5.74) is 4.54. The molecule has 0 N–H and O–H groups in total. The second-order valence-electron chi connectivity index (χ2n) is 4.72. The summed E-state index contributed by atoms with van der Waals surface area (Å²) >= 11 is 6.28. The zero-order chi connectivity index (χ0) is 12.7. The van der Waals surface area contributed by atoms with Crippen LogP contribution in [0.5, 0.6) is 5.75 Å². The van der Waals surface area contributed by atoms with Crippen LogP contribution in [0.25, 0.3) is 11.1 Å². The second-order valence-corrected chi connectivity index (χ2v) is 5.13. The third-order valence-corrected chi connectivity index (χ3v) is 3.54. The van der Waals surface area contributed by atoms with Crippen molar-refractivity contribution < 1.29 is 4.74 Å². The van der Waals surface area contributed by atoms with Gasteiger partial charge in [0, 0.05) is 22.6 Å². The fourth-order valence-electron chi connectivity index (χ4n) is 2.47. The molecule has 1 unspecified atom stereocenters. The molecule has 91 valence electrons. The second kappa shape index (κ2) is 4.33. The Hall–Kier alpha value is -1.47. The minimum Gasteiger partial charge on any atom is -0.489 e. The van der Waals surface area contributed by atoms with Crippen molar-refractivity contribution in [2.45, 2.75) is 19.4 Å². The number of aryl methyl sites for hydroxylation is 1. The smallest absolute Gasteiger partial charge is 0.130 e. The lowest BCUT2D eigenvalue weighted by atomic mass is 9.98. The van der Waals surface area contributed by atoms with Gasteiger partial charge in [0.2, 0.25) is 0 Å². The standard InChI is InChI=1S/C16H14ClO/c1-10-7-12-9-11(2)18-16(12)14(8-10)13-5-3-4-6-15(13)17/h3-8,11H,2,9H2,1H3. The maximum Gasteiger partial charge on any atom is 0.130 e. The van der Waals surface area contributed by atoms with Crippen LogP contribution in [0.15, 0.2) is 36.4 Å². The Morgan fingerprint density at radius 3 is 2.78 bits per heavy atom. The molecule has 1 heterocycles. The number of halogens is 1. The van der Waals surface area contributed by atoms with E-state index in [1.807, 2.05) is 24.3 Å². The summed E-state index contributed by atoms with van der Waals surface area (Å²) in [5.74, 6) is 0.939. The van der Waals surface area contributed by atoms with Gasteiger partial charge in [0.25, 0.3) is 0 Å². The molecule has 0 aliphatic carbocycles. The highest BCUT2D eigenvalue weighted by molar-refractivity contribution is 6.33. The Kier molecular flexibility index (Phi) is 2.79. The van der Waals surface area contributed by atoms with Crippen LogP contribution in [0, 0.1) is 13.8 Å². The molecule has 0 amide bonds. The maximum absolute atomic E-state index is 6.28. The van der Waals surface area contributed by atoms with Crippen LogP contribution in [0.1, 0.15) is 11.1 Å². The van der Waals surface area contributed by atoms with Gasteiger partial charge in [-0.1, -0.05) is 35.9 Å². The molecule has 0 bridgehead atoms. The number of benzene rings is 2. The van der Waals surface area contributed by atoms with Crippen LogP contribution in [-0.2, 0) is 6.42 Å². The summed E-state index contributed by atoms with van der Waals surface area (Å²) < 4.78 is 5.83. The predicted octanol–water partition coefficient (Wildman–Crippen LogP) is 4.45. The van der Waals surface area contributed by atoms with E-state index in [1.54, 1.807) is 0 Å². The Bertz CT molecular complexity index is 604.